The van der Waals surface area contributed by atoms with Crippen LogP contribution in [0.5, 0.6) is 0 Å². The van der Waals surface area contributed by atoms with Crippen LogP contribution in [0.2, 0.25) is 0 Å². The maximum Gasteiger partial charge on any atom is 0.410 e. The molecule has 21 heavy (non-hydrogen) atoms. The topological polar surface area (TPSA) is 59.0 Å². The Kier molecular flexibility index (Phi) is 6.94. The number of rotatable bonds is 6. The lowest BCUT2D eigenvalue weighted by Gasteiger charge is -2.40. The van der Waals surface area contributed by atoms with Crippen molar-refractivity contribution in [2.24, 2.45) is 5.41 Å². The van der Waals surface area contributed by atoms with Crippen LogP contribution in [0.4, 0.5) is 4.79 Å². The molecule has 1 N–H and O–H groups in total. The number of hydrogen-bond donors (Lipinski definition) is 1. The standard InChI is InChI=1S/C16H31NO4/c1-5-6-11-20-13-16(12-18)7-9-17(10-8-16)14(19)21-15(2,3)4/h18H,5-13H2,1-4H3. The molecule has 5 nitrogen and oxygen atoms in total. The van der Waals surface area contributed by atoms with Crippen molar-refractivity contribution in [1.29, 1.82) is 0 Å². The lowest BCUT2D eigenvalue weighted by molar-refractivity contribution is -0.0398. The molecule has 1 rings (SSSR count). The number of carbonyl (C=O) groups is 1. The maximum atomic E-state index is 12.0. The van der Waals surface area contributed by atoms with E-state index in [4.69, 9.17) is 9.47 Å². The van der Waals surface area contributed by atoms with E-state index in [9.17, 15) is 9.90 Å². The predicted molar refractivity (Wildman–Crippen MR) is 82.3 cm³/mol. The van der Waals surface area contributed by atoms with Crippen molar-refractivity contribution in [3.05, 3.63) is 0 Å². The Hall–Kier alpha value is -0.810. The van der Waals surface area contributed by atoms with Crippen LogP contribution in [-0.4, -0.2) is 54.6 Å². The molecule has 0 atom stereocenters. The number of unbranched alkanes of at least 4 members (excludes halogenated alkanes) is 1. The third-order valence-electron chi connectivity index (χ3n) is 3.86. The van der Waals surface area contributed by atoms with Crippen molar-refractivity contribution in [1.82, 2.24) is 4.90 Å². The van der Waals surface area contributed by atoms with Crippen LogP contribution >= 0.6 is 0 Å². The second-order valence-electron chi connectivity index (χ2n) is 7.03. The Morgan fingerprint density at radius 3 is 2.38 bits per heavy atom. The van der Waals surface area contributed by atoms with E-state index in [2.05, 4.69) is 6.92 Å². The zero-order valence-electron chi connectivity index (χ0n) is 14.0. The third-order valence-corrected chi connectivity index (χ3v) is 3.86. The normalized spacial score (nSPS) is 18.6. The molecular formula is C16H31NO4. The number of aliphatic hydroxyl groups is 1. The molecular weight excluding hydrogens is 270 g/mol. The van der Waals surface area contributed by atoms with Crippen molar-refractivity contribution in [2.75, 3.05) is 32.9 Å². The number of aliphatic hydroxyl groups excluding tert-OH is 1. The van der Waals surface area contributed by atoms with Gasteiger partial charge in [-0.1, -0.05) is 13.3 Å². The fraction of sp³-hybridized carbons (Fsp3) is 0.938. The highest BCUT2D eigenvalue weighted by Gasteiger charge is 2.36. The molecule has 1 aliphatic rings. The van der Waals surface area contributed by atoms with E-state index >= 15 is 0 Å². The van der Waals surface area contributed by atoms with Gasteiger partial charge in [0.15, 0.2) is 0 Å². The van der Waals surface area contributed by atoms with Crippen LogP contribution in [0.3, 0.4) is 0 Å². The smallest absolute Gasteiger partial charge is 0.410 e. The quantitative estimate of drug-likeness (QED) is 0.766. The molecule has 1 amide bonds. The largest absolute Gasteiger partial charge is 0.444 e. The SMILES string of the molecule is CCCCOCC1(CO)CCN(C(=O)OC(C)(C)C)CC1. The minimum atomic E-state index is -0.466. The Bertz CT molecular complexity index is 317. The number of amides is 1. The van der Waals surface area contributed by atoms with Crippen LogP contribution in [0.1, 0.15) is 53.4 Å². The summed E-state index contributed by atoms with van der Waals surface area (Å²) in [5, 5.41) is 9.69. The minimum absolute atomic E-state index is 0.112. The fourth-order valence-electron chi connectivity index (χ4n) is 2.37. The summed E-state index contributed by atoms with van der Waals surface area (Å²) in [6.45, 7) is 10.4. The van der Waals surface area contributed by atoms with E-state index in [1.807, 2.05) is 20.8 Å². The molecule has 0 aromatic carbocycles. The summed E-state index contributed by atoms with van der Waals surface area (Å²) in [4.78, 5) is 13.7. The molecule has 124 valence electrons. The number of piperidine rings is 1. The van der Waals surface area contributed by atoms with Crippen molar-refractivity contribution in [2.45, 2.75) is 59.0 Å². The summed E-state index contributed by atoms with van der Waals surface area (Å²) >= 11 is 0. The van der Waals surface area contributed by atoms with E-state index in [1.165, 1.54) is 0 Å². The van der Waals surface area contributed by atoms with Gasteiger partial charge in [0, 0.05) is 25.1 Å². The molecule has 0 aromatic heterocycles. The van der Waals surface area contributed by atoms with Crippen molar-refractivity contribution < 1.29 is 19.4 Å². The minimum Gasteiger partial charge on any atom is -0.444 e. The monoisotopic (exact) mass is 301 g/mol. The van der Waals surface area contributed by atoms with Gasteiger partial charge in [-0.05, 0) is 40.0 Å². The Labute approximate surface area is 128 Å². The molecule has 1 saturated heterocycles. The van der Waals surface area contributed by atoms with Gasteiger partial charge in [-0.3, -0.25) is 0 Å². The first-order valence-corrected chi connectivity index (χ1v) is 7.98. The predicted octanol–water partition coefficient (Wildman–Crippen LogP) is 2.81. The molecule has 0 bridgehead atoms. The lowest BCUT2D eigenvalue weighted by Crippen LogP contribution is -2.48. The third kappa shape index (κ3) is 6.22. The summed E-state index contributed by atoms with van der Waals surface area (Å²) < 4.78 is 11.1. The van der Waals surface area contributed by atoms with Gasteiger partial charge in [0.1, 0.15) is 5.60 Å². The summed E-state index contributed by atoms with van der Waals surface area (Å²) in [5.74, 6) is 0. The van der Waals surface area contributed by atoms with Gasteiger partial charge in [0.25, 0.3) is 0 Å². The van der Waals surface area contributed by atoms with Crippen LogP contribution in [0.15, 0.2) is 0 Å². The number of ether oxygens (including phenoxy) is 2. The van der Waals surface area contributed by atoms with E-state index < -0.39 is 5.60 Å². The zero-order chi connectivity index (χ0) is 15.9. The van der Waals surface area contributed by atoms with Crippen LogP contribution in [0, 0.1) is 5.41 Å². The van der Waals surface area contributed by atoms with Gasteiger partial charge >= 0.3 is 6.09 Å². The van der Waals surface area contributed by atoms with Crippen LogP contribution < -0.4 is 0 Å². The van der Waals surface area contributed by atoms with Gasteiger partial charge in [-0.2, -0.15) is 0 Å². The molecule has 0 spiro atoms. The van der Waals surface area contributed by atoms with Gasteiger partial charge in [0.05, 0.1) is 13.2 Å². The Morgan fingerprint density at radius 2 is 1.90 bits per heavy atom. The number of hydrogen-bond acceptors (Lipinski definition) is 4. The molecule has 1 heterocycles. The van der Waals surface area contributed by atoms with Gasteiger partial charge in [-0.25, -0.2) is 4.79 Å². The van der Waals surface area contributed by atoms with E-state index in [0.29, 0.717) is 19.7 Å². The molecule has 0 radical (unpaired) electrons. The highest BCUT2D eigenvalue weighted by atomic mass is 16.6. The number of nitrogens with zero attached hydrogens (tertiary/aromatic N) is 1. The van der Waals surface area contributed by atoms with Gasteiger partial charge < -0.3 is 19.5 Å². The average molecular weight is 301 g/mol. The lowest BCUT2D eigenvalue weighted by atomic mass is 9.80. The molecule has 0 aliphatic carbocycles. The van der Waals surface area contributed by atoms with Crippen molar-refractivity contribution in [3.63, 3.8) is 0 Å². The summed E-state index contributed by atoms with van der Waals surface area (Å²) in [6.07, 6.45) is 3.41. The van der Waals surface area contributed by atoms with E-state index in [0.717, 1.165) is 32.3 Å². The molecule has 1 fully saturated rings. The highest BCUT2D eigenvalue weighted by molar-refractivity contribution is 5.68. The molecule has 5 heteroatoms. The Balaban J connectivity index is 2.42. The molecule has 0 saturated carbocycles. The summed E-state index contributed by atoms with van der Waals surface area (Å²) in [6, 6.07) is 0. The van der Waals surface area contributed by atoms with Crippen molar-refractivity contribution in [3.8, 4) is 0 Å². The van der Waals surface area contributed by atoms with E-state index in [-0.39, 0.29) is 18.1 Å². The van der Waals surface area contributed by atoms with Crippen LogP contribution in [-0.2, 0) is 9.47 Å². The van der Waals surface area contributed by atoms with Gasteiger partial charge in [0.2, 0.25) is 0 Å². The Morgan fingerprint density at radius 1 is 1.29 bits per heavy atom. The fourth-order valence-corrected chi connectivity index (χ4v) is 2.37. The maximum absolute atomic E-state index is 12.0. The number of carbonyl (C=O) groups excluding carboxylic acids is 1. The molecule has 1 aliphatic heterocycles. The first kappa shape index (κ1) is 18.2. The first-order valence-electron chi connectivity index (χ1n) is 7.98. The second-order valence-corrected chi connectivity index (χ2v) is 7.03. The summed E-state index contributed by atoms with van der Waals surface area (Å²) in [7, 11) is 0. The van der Waals surface area contributed by atoms with E-state index in [1.54, 1.807) is 4.90 Å². The van der Waals surface area contributed by atoms with Crippen molar-refractivity contribution >= 4 is 6.09 Å². The zero-order valence-corrected chi connectivity index (χ0v) is 14.0. The second kappa shape index (κ2) is 7.99. The van der Waals surface area contributed by atoms with Crippen LogP contribution in [0.25, 0.3) is 0 Å². The first-order chi connectivity index (χ1) is 9.82. The molecule has 0 unspecified atom stereocenters. The summed E-state index contributed by atoms with van der Waals surface area (Å²) in [5.41, 5.74) is -0.669. The highest BCUT2D eigenvalue weighted by Crippen LogP contribution is 2.32. The molecule has 0 aromatic rings. The number of likely N-dealkylation sites (tertiary alicyclic amines) is 1. The average Bonchev–Trinajstić information content (AvgIpc) is 2.42. The van der Waals surface area contributed by atoms with Gasteiger partial charge in [-0.15, -0.1) is 0 Å².